The Balaban J connectivity index is 2.03. The van der Waals surface area contributed by atoms with Crippen LogP contribution in [0.3, 0.4) is 0 Å². The van der Waals surface area contributed by atoms with Gasteiger partial charge < -0.3 is 0 Å². The molecule has 6 nitrogen and oxygen atoms in total. The van der Waals surface area contributed by atoms with E-state index < -0.39 is 10.0 Å². The third-order valence-corrected chi connectivity index (χ3v) is 3.99. The molecule has 1 aromatic heterocycles. The molecular weight excluding hydrogens is 343 g/mol. The summed E-state index contributed by atoms with van der Waals surface area (Å²) < 4.78 is 39.6. The Kier molecular flexibility index (Phi) is 4.25. The van der Waals surface area contributed by atoms with Gasteiger partial charge in [-0.3, -0.25) is 4.72 Å². The van der Waals surface area contributed by atoms with E-state index in [1.807, 2.05) is 6.07 Å². The van der Waals surface area contributed by atoms with Gasteiger partial charge in [0.15, 0.2) is 5.69 Å². The third-order valence-electron chi connectivity index (χ3n) is 3.38. The van der Waals surface area contributed by atoms with Crippen molar-refractivity contribution in [2.24, 2.45) is 0 Å². The predicted molar refractivity (Wildman–Crippen MR) is 92.1 cm³/mol. The molecule has 0 unspecified atom stereocenters. The second-order valence-electron chi connectivity index (χ2n) is 5.37. The van der Waals surface area contributed by atoms with Crippen LogP contribution in [0.2, 0.25) is 0 Å². The molecule has 0 spiro atoms. The highest BCUT2D eigenvalue weighted by Gasteiger charge is 2.12. The van der Waals surface area contributed by atoms with E-state index in [2.05, 4.69) is 9.82 Å². The first-order valence-electron chi connectivity index (χ1n) is 7.20. The van der Waals surface area contributed by atoms with Crippen molar-refractivity contribution in [3.8, 4) is 23.0 Å². The Morgan fingerprint density at radius 3 is 2.32 bits per heavy atom. The number of hydrogen-bond acceptors (Lipinski definition) is 4. The number of anilines is 1. The average Bonchev–Trinajstić information content (AvgIpc) is 2.99. The summed E-state index contributed by atoms with van der Waals surface area (Å²) in [5.41, 5.74) is 2.62. The van der Waals surface area contributed by atoms with Crippen LogP contribution in [0.5, 0.6) is 0 Å². The summed E-state index contributed by atoms with van der Waals surface area (Å²) in [5, 5.41) is 13.3. The van der Waals surface area contributed by atoms with Crippen LogP contribution >= 0.6 is 0 Å². The van der Waals surface area contributed by atoms with Crippen molar-refractivity contribution in [2.75, 3.05) is 11.0 Å². The fourth-order valence-corrected chi connectivity index (χ4v) is 2.91. The molecule has 0 bridgehead atoms. The lowest BCUT2D eigenvalue weighted by Crippen LogP contribution is -2.09. The van der Waals surface area contributed by atoms with E-state index in [1.165, 1.54) is 16.8 Å². The second kappa shape index (κ2) is 6.37. The number of nitriles is 1. The van der Waals surface area contributed by atoms with Crippen LogP contribution in [0.25, 0.3) is 16.9 Å². The Hall–Kier alpha value is -3.18. The number of halogens is 1. The number of rotatable bonds is 4. The highest BCUT2D eigenvalue weighted by atomic mass is 32.2. The lowest BCUT2D eigenvalue weighted by molar-refractivity contribution is 0.607. The third kappa shape index (κ3) is 3.84. The van der Waals surface area contributed by atoms with E-state index in [0.717, 1.165) is 11.8 Å². The minimum absolute atomic E-state index is 0.220. The minimum Gasteiger partial charge on any atom is -0.284 e. The van der Waals surface area contributed by atoms with Gasteiger partial charge in [0.05, 0.1) is 17.6 Å². The zero-order valence-electron chi connectivity index (χ0n) is 13.1. The van der Waals surface area contributed by atoms with Crippen molar-refractivity contribution in [3.05, 3.63) is 66.1 Å². The van der Waals surface area contributed by atoms with Gasteiger partial charge in [-0.2, -0.15) is 10.4 Å². The molecule has 0 radical (unpaired) electrons. The van der Waals surface area contributed by atoms with E-state index in [-0.39, 0.29) is 11.5 Å². The number of sulfonamides is 1. The van der Waals surface area contributed by atoms with Gasteiger partial charge in [0.25, 0.3) is 0 Å². The Labute approximate surface area is 144 Å². The smallest absolute Gasteiger partial charge is 0.229 e. The number of hydrogen-bond donors (Lipinski definition) is 1. The Morgan fingerprint density at radius 2 is 1.76 bits per heavy atom. The van der Waals surface area contributed by atoms with E-state index >= 15 is 0 Å². The van der Waals surface area contributed by atoms with Crippen molar-refractivity contribution in [2.45, 2.75) is 0 Å². The summed E-state index contributed by atoms with van der Waals surface area (Å²) in [6.07, 6.45) is 1.07. The molecule has 1 N–H and O–H groups in total. The molecule has 0 amide bonds. The first-order valence-corrected chi connectivity index (χ1v) is 9.09. The Bertz CT molecular complexity index is 1050. The van der Waals surface area contributed by atoms with Gasteiger partial charge in [-0.15, -0.1) is 0 Å². The van der Waals surface area contributed by atoms with Crippen molar-refractivity contribution < 1.29 is 12.8 Å². The van der Waals surface area contributed by atoms with Gasteiger partial charge in [0, 0.05) is 17.3 Å². The summed E-state index contributed by atoms with van der Waals surface area (Å²) in [6.45, 7) is 0. The normalized spacial score (nSPS) is 11.1. The molecule has 25 heavy (non-hydrogen) atoms. The maximum Gasteiger partial charge on any atom is 0.229 e. The fraction of sp³-hybridized carbons (Fsp3) is 0.0588. The fourth-order valence-electron chi connectivity index (χ4n) is 2.34. The number of aromatic nitrogens is 2. The Morgan fingerprint density at radius 1 is 1.12 bits per heavy atom. The molecule has 0 saturated carbocycles. The molecule has 3 rings (SSSR count). The number of nitrogens with one attached hydrogen (secondary N) is 1. The molecule has 2 aromatic carbocycles. The van der Waals surface area contributed by atoms with Gasteiger partial charge in [0.2, 0.25) is 10.0 Å². The monoisotopic (exact) mass is 356 g/mol. The van der Waals surface area contributed by atoms with Gasteiger partial charge in [-0.05, 0) is 36.4 Å². The molecular formula is C17H13FN4O2S. The van der Waals surface area contributed by atoms with Gasteiger partial charge >= 0.3 is 0 Å². The SMILES string of the molecule is CS(=O)(=O)Nc1ccc(-c2cc(C#N)nn2-c2ccc(F)cc2)cc1. The van der Waals surface area contributed by atoms with Crippen molar-refractivity contribution >= 4 is 15.7 Å². The molecule has 0 aliphatic rings. The second-order valence-corrected chi connectivity index (χ2v) is 7.11. The summed E-state index contributed by atoms with van der Waals surface area (Å²) in [5.74, 6) is -0.367. The van der Waals surface area contributed by atoms with Crippen LogP contribution in [0.15, 0.2) is 54.6 Å². The van der Waals surface area contributed by atoms with Crippen LogP contribution in [0, 0.1) is 17.1 Å². The van der Waals surface area contributed by atoms with Crippen LogP contribution < -0.4 is 4.72 Å². The summed E-state index contributed by atoms with van der Waals surface area (Å²) in [6, 6.07) is 16.0. The highest BCUT2D eigenvalue weighted by Crippen LogP contribution is 2.25. The number of benzene rings is 2. The lowest BCUT2D eigenvalue weighted by Gasteiger charge is -2.09. The highest BCUT2D eigenvalue weighted by molar-refractivity contribution is 7.92. The maximum absolute atomic E-state index is 13.1. The van der Waals surface area contributed by atoms with Crippen molar-refractivity contribution in [3.63, 3.8) is 0 Å². The zero-order valence-corrected chi connectivity index (χ0v) is 14.0. The van der Waals surface area contributed by atoms with Crippen LogP contribution in [0.4, 0.5) is 10.1 Å². The van der Waals surface area contributed by atoms with Crippen LogP contribution in [-0.2, 0) is 10.0 Å². The predicted octanol–water partition coefficient (Wildman–Crippen LogP) is 2.92. The first-order chi connectivity index (χ1) is 11.9. The largest absolute Gasteiger partial charge is 0.284 e. The van der Waals surface area contributed by atoms with Crippen LogP contribution in [0.1, 0.15) is 5.69 Å². The van der Waals surface area contributed by atoms with E-state index in [4.69, 9.17) is 5.26 Å². The summed E-state index contributed by atoms with van der Waals surface area (Å²) >= 11 is 0. The molecule has 3 aromatic rings. The average molecular weight is 356 g/mol. The quantitative estimate of drug-likeness (QED) is 0.778. The molecule has 0 aliphatic carbocycles. The summed E-state index contributed by atoms with van der Waals surface area (Å²) in [4.78, 5) is 0. The first kappa shape index (κ1) is 16.7. The molecule has 0 atom stereocenters. The molecule has 8 heteroatoms. The molecule has 0 saturated heterocycles. The number of nitrogens with zero attached hydrogens (tertiary/aromatic N) is 3. The van der Waals surface area contributed by atoms with Gasteiger partial charge in [0.1, 0.15) is 11.9 Å². The molecule has 1 heterocycles. The van der Waals surface area contributed by atoms with E-state index in [1.54, 1.807) is 42.5 Å². The standard InChI is InChI=1S/C17H13FN4O2S/c1-25(23,24)21-14-6-2-12(3-7-14)17-10-15(11-19)20-22(17)16-8-4-13(18)5-9-16/h2-10,21H,1H3. The topological polar surface area (TPSA) is 87.8 Å². The van der Waals surface area contributed by atoms with Crippen molar-refractivity contribution in [1.29, 1.82) is 5.26 Å². The van der Waals surface area contributed by atoms with Crippen LogP contribution in [-0.4, -0.2) is 24.5 Å². The molecule has 0 aliphatic heterocycles. The van der Waals surface area contributed by atoms with Gasteiger partial charge in [-0.1, -0.05) is 12.1 Å². The van der Waals surface area contributed by atoms with Crippen molar-refractivity contribution in [1.82, 2.24) is 9.78 Å². The maximum atomic E-state index is 13.1. The van der Waals surface area contributed by atoms with Gasteiger partial charge in [-0.25, -0.2) is 17.5 Å². The molecule has 0 fully saturated rings. The lowest BCUT2D eigenvalue weighted by atomic mass is 10.1. The minimum atomic E-state index is -3.36. The summed E-state index contributed by atoms with van der Waals surface area (Å²) in [7, 11) is -3.36. The zero-order chi connectivity index (χ0) is 18.0. The molecule has 126 valence electrons. The van der Waals surface area contributed by atoms with E-state index in [0.29, 0.717) is 17.1 Å². The van der Waals surface area contributed by atoms with E-state index in [9.17, 15) is 12.8 Å².